The van der Waals surface area contributed by atoms with Crippen molar-refractivity contribution >= 4 is 57.2 Å². The third-order valence-electron chi connectivity index (χ3n) is 7.17. The van der Waals surface area contributed by atoms with Crippen LogP contribution in [0.3, 0.4) is 0 Å². The predicted octanol–water partition coefficient (Wildman–Crippen LogP) is 5.24. The Kier molecular flexibility index (Phi) is 7.59. The summed E-state index contributed by atoms with van der Waals surface area (Å²) in [5, 5.41) is 8.58. The van der Waals surface area contributed by atoms with Gasteiger partial charge >= 0.3 is 0 Å². The Balaban J connectivity index is 1.44. The van der Waals surface area contributed by atoms with Crippen molar-refractivity contribution in [2.45, 2.75) is 6.92 Å². The molecular weight excluding hydrogens is 575 g/mol. The molecule has 10 nitrogen and oxygen atoms in total. The number of aromatic nitrogens is 5. The zero-order chi connectivity index (χ0) is 29.4. The average molecular weight is 601 g/mol. The van der Waals surface area contributed by atoms with E-state index in [1.54, 1.807) is 30.3 Å². The second-order valence-corrected chi connectivity index (χ2v) is 10.9. The Morgan fingerprint density at radius 2 is 1.67 bits per heavy atom. The number of likely N-dealkylation sites (N-methyl/N-ethyl adjacent to an activating group) is 1. The molecule has 42 heavy (non-hydrogen) atoms. The number of para-hydroxylation sites is 1. The normalized spacial score (nSPS) is 13.9. The molecule has 1 fully saturated rings. The summed E-state index contributed by atoms with van der Waals surface area (Å²) in [4.78, 5) is 43.7. The quantitative estimate of drug-likeness (QED) is 0.261. The van der Waals surface area contributed by atoms with Crippen LogP contribution in [0.4, 0.5) is 17.3 Å². The summed E-state index contributed by atoms with van der Waals surface area (Å²) < 4.78 is 1.14. The number of hydrogen-bond donors (Lipinski definition) is 1. The van der Waals surface area contributed by atoms with Gasteiger partial charge in [-0.25, -0.2) is 9.97 Å². The highest BCUT2D eigenvalue weighted by atomic mass is 35.5. The number of rotatable bonds is 6. The van der Waals surface area contributed by atoms with E-state index >= 15 is 0 Å². The summed E-state index contributed by atoms with van der Waals surface area (Å²) >= 11 is 12.9. The second-order valence-electron chi connectivity index (χ2n) is 10.0. The fourth-order valence-electron chi connectivity index (χ4n) is 4.84. The highest BCUT2D eigenvalue weighted by molar-refractivity contribution is 6.37. The fraction of sp³-hybridized carbons (Fsp3) is 0.200. The molecule has 2 aromatic carbocycles. The van der Waals surface area contributed by atoms with E-state index in [-0.39, 0.29) is 38.5 Å². The Bertz CT molecular complexity index is 1850. The molecule has 1 N–H and O–H groups in total. The van der Waals surface area contributed by atoms with Crippen LogP contribution >= 0.6 is 23.2 Å². The van der Waals surface area contributed by atoms with E-state index in [2.05, 4.69) is 49.4 Å². The first-order valence-corrected chi connectivity index (χ1v) is 14.1. The number of nitrogens with one attached hydrogen (secondary N) is 1. The van der Waals surface area contributed by atoms with Gasteiger partial charge in [-0.15, -0.1) is 0 Å². The van der Waals surface area contributed by atoms with Crippen molar-refractivity contribution in [1.82, 2.24) is 29.6 Å². The van der Waals surface area contributed by atoms with Crippen LogP contribution in [0.15, 0.2) is 71.8 Å². The van der Waals surface area contributed by atoms with Gasteiger partial charge in [-0.2, -0.15) is 9.78 Å². The van der Waals surface area contributed by atoms with E-state index < -0.39 is 5.56 Å². The first-order chi connectivity index (χ1) is 20.3. The lowest BCUT2D eigenvalue weighted by atomic mass is 10.1. The molecule has 212 valence electrons. The molecular formula is C30H26Cl2N8O2. The molecule has 0 amide bonds. The van der Waals surface area contributed by atoms with Crippen LogP contribution in [-0.4, -0.2) is 68.6 Å². The van der Waals surface area contributed by atoms with Crippen molar-refractivity contribution in [3.8, 4) is 16.9 Å². The van der Waals surface area contributed by atoms with Crippen LogP contribution < -0.4 is 15.8 Å². The van der Waals surface area contributed by atoms with Crippen LogP contribution in [0.1, 0.15) is 17.4 Å². The lowest BCUT2D eigenvalue weighted by molar-refractivity contribution is 0.101. The lowest BCUT2D eigenvalue weighted by Crippen LogP contribution is -2.44. The fourth-order valence-corrected chi connectivity index (χ4v) is 5.40. The molecule has 1 aliphatic rings. The van der Waals surface area contributed by atoms with Crippen molar-refractivity contribution in [1.29, 1.82) is 0 Å². The molecule has 12 heteroatoms. The van der Waals surface area contributed by atoms with Gasteiger partial charge in [0.2, 0.25) is 5.95 Å². The number of ketones is 1. The molecule has 0 unspecified atom stereocenters. The van der Waals surface area contributed by atoms with E-state index in [1.807, 2.05) is 12.1 Å². The number of piperazine rings is 1. The maximum absolute atomic E-state index is 13.7. The first kappa shape index (κ1) is 27.8. The van der Waals surface area contributed by atoms with Crippen LogP contribution in [-0.2, 0) is 0 Å². The summed E-state index contributed by atoms with van der Waals surface area (Å²) in [5.41, 5.74) is 3.11. The van der Waals surface area contributed by atoms with Crippen molar-refractivity contribution < 1.29 is 4.79 Å². The summed E-state index contributed by atoms with van der Waals surface area (Å²) in [5.74, 6) is 0.0762. The number of anilines is 3. The molecule has 0 bridgehead atoms. The van der Waals surface area contributed by atoms with Crippen molar-refractivity contribution in [2.24, 2.45) is 0 Å². The molecule has 0 spiro atoms. The molecule has 0 radical (unpaired) electrons. The molecule has 1 saturated heterocycles. The number of benzene rings is 2. The summed E-state index contributed by atoms with van der Waals surface area (Å²) in [6.07, 6.45) is 2.96. The monoisotopic (exact) mass is 600 g/mol. The van der Waals surface area contributed by atoms with Crippen molar-refractivity contribution in [2.75, 3.05) is 43.4 Å². The van der Waals surface area contributed by atoms with Gasteiger partial charge in [0.1, 0.15) is 22.6 Å². The number of halogens is 2. The van der Waals surface area contributed by atoms with Gasteiger partial charge in [0.05, 0.1) is 15.4 Å². The number of Topliss-reactive ketones (excluding diaryl/α,β-unsaturated/α-hetero) is 1. The van der Waals surface area contributed by atoms with Gasteiger partial charge in [0.25, 0.3) is 5.56 Å². The SMILES string of the molecule is CC(=O)c1cc(-c2nn(-c3c(Cl)cccc3Cl)c(=O)c3cnc(Nc4ccc(N5CCN(C)CC5)cc4)nc23)ccn1. The molecule has 4 heterocycles. The number of nitrogens with zero attached hydrogens (tertiary/aromatic N) is 7. The van der Waals surface area contributed by atoms with Crippen LogP contribution in [0, 0.1) is 0 Å². The highest BCUT2D eigenvalue weighted by Crippen LogP contribution is 2.30. The van der Waals surface area contributed by atoms with Gasteiger partial charge in [-0.3, -0.25) is 14.6 Å². The number of hydrogen-bond acceptors (Lipinski definition) is 9. The summed E-state index contributed by atoms with van der Waals surface area (Å²) in [6.45, 7) is 5.43. The Morgan fingerprint density at radius 3 is 2.36 bits per heavy atom. The number of carbonyl (C=O) groups excluding carboxylic acids is 1. The topological polar surface area (TPSA) is 109 Å². The van der Waals surface area contributed by atoms with Gasteiger partial charge < -0.3 is 15.1 Å². The maximum Gasteiger partial charge on any atom is 0.282 e. The van der Waals surface area contributed by atoms with Crippen LogP contribution in [0.2, 0.25) is 10.0 Å². The zero-order valence-electron chi connectivity index (χ0n) is 22.9. The van der Waals surface area contributed by atoms with Crippen molar-refractivity contribution in [3.63, 3.8) is 0 Å². The Hall–Kier alpha value is -4.38. The molecule has 0 saturated carbocycles. The minimum atomic E-state index is -0.493. The third kappa shape index (κ3) is 5.44. The van der Waals surface area contributed by atoms with E-state index in [9.17, 15) is 9.59 Å². The van der Waals surface area contributed by atoms with E-state index in [4.69, 9.17) is 28.2 Å². The minimum absolute atomic E-state index is 0.202. The number of fused-ring (bicyclic) bond motifs is 1. The highest BCUT2D eigenvalue weighted by Gasteiger charge is 2.20. The predicted molar refractivity (Wildman–Crippen MR) is 166 cm³/mol. The molecule has 5 aromatic rings. The molecule has 1 aliphatic heterocycles. The zero-order valence-corrected chi connectivity index (χ0v) is 24.4. The lowest BCUT2D eigenvalue weighted by Gasteiger charge is -2.34. The van der Waals surface area contributed by atoms with E-state index in [0.717, 1.165) is 42.2 Å². The van der Waals surface area contributed by atoms with Crippen LogP contribution in [0.5, 0.6) is 0 Å². The standard InChI is InChI=1S/C30H26Cl2N8O2/c1-18(41)25-16-19(10-11-33-25)26-27-22(29(42)40(37-26)28-23(31)4-3-5-24(28)32)17-34-30(36-27)35-20-6-8-21(9-7-20)39-14-12-38(2)13-15-39/h3-11,16-17H,12-15H2,1-2H3,(H,34,35,36). The first-order valence-electron chi connectivity index (χ1n) is 13.3. The van der Waals surface area contributed by atoms with Gasteiger partial charge in [-0.1, -0.05) is 29.3 Å². The number of carbonyl (C=O) groups is 1. The van der Waals surface area contributed by atoms with Gasteiger partial charge in [-0.05, 0) is 55.6 Å². The van der Waals surface area contributed by atoms with Crippen LogP contribution in [0.25, 0.3) is 27.8 Å². The minimum Gasteiger partial charge on any atom is -0.369 e. The summed E-state index contributed by atoms with van der Waals surface area (Å²) in [6, 6.07) is 16.3. The Labute approximate surface area is 251 Å². The largest absolute Gasteiger partial charge is 0.369 e. The summed E-state index contributed by atoms with van der Waals surface area (Å²) in [7, 11) is 2.13. The smallest absolute Gasteiger partial charge is 0.282 e. The van der Waals surface area contributed by atoms with Crippen molar-refractivity contribution in [3.05, 3.63) is 93.1 Å². The third-order valence-corrected chi connectivity index (χ3v) is 7.78. The average Bonchev–Trinajstić information content (AvgIpc) is 2.99. The number of pyridine rings is 1. The molecule has 0 aliphatic carbocycles. The Morgan fingerprint density at radius 1 is 0.952 bits per heavy atom. The second kappa shape index (κ2) is 11.5. The molecule has 3 aromatic heterocycles. The molecule has 0 atom stereocenters. The maximum atomic E-state index is 13.7. The van der Waals surface area contributed by atoms with E-state index in [0.29, 0.717) is 16.8 Å². The van der Waals surface area contributed by atoms with Gasteiger partial charge in [0.15, 0.2) is 5.78 Å². The molecule has 6 rings (SSSR count). The van der Waals surface area contributed by atoms with E-state index in [1.165, 1.54) is 19.3 Å². The van der Waals surface area contributed by atoms with Gasteiger partial charge in [0, 0.05) is 62.4 Å².